The highest BCUT2D eigenvalue weighted by Gasteiger charge is 2.30. The van der Waals surface area contributed by atoms with Crippen molar-refractivity contribution in [3.8, 4) is 0 Å². The van der Waals surface area contributed by atoms with E-state index in [0.29, 0.717) is 0 Å². The van der Waals surface area contributed by atoms with Gasteiger partial charge in [-0.1, -0.05) is 44.2 Å². The summed E-state index contributed by atoms with van der Waals surface area (Å²) < 4.78 is 0. The molecule has 0 aliphatic heterocycles. The van der Waals surface area contributed by atoms with Gasteiger partial charge in [-0.25, -0.2) is 4.79 Å². The number of amides is 3. The van der Waals surface area contributed by atoms with E-state index >= 15 is 0 Å². The smallest absolute Gasteiger partial charge is 0.326 e. The molecule has 1 rings (SSSR count). The summed E-state index contributed by atoms with van der Waals surface area (Å²) >= 11 is 0. The van der Waals surface area contributed by atoms with E-state index in [9.17, 15) is 24.3 Å². The molecule has 0 radical (unpaired) electrons. The maximum absolute atomic E-state index is 12.5. The minimum absolute atomic E-state index is 0.0991. The van der Waals surface area contributed by atoms with Gasteiger partial charge in [0.15, 0.2) is 0 Å². The minimum Gasteiger partial charge on any atom is -0.480 e. The van der Waals surface area contributed by atoms with Gasteiger partial charge >= 0.3 is 5.97 Å². The van der Waals surface area contributed by atoms with Crippen LogP contribution in [0.1, 0.15) is 25.8 Å². The van der Waals surface area contributed by atoms with Crippen molar-refractivity contribution >= 4 is 23.7 Å². The molecule has 0 saturated heterocycles. The monoisotopic (exact) mass is 378 g/mol. The Bertz CT molecular complexity index is 678. The van der Waals surface area contributed by atoms with Gasteiger partial charge in [-0.05, 0) is 11.5 Å². The van der Waals surface area contributed by atoms with Crippen molar-refractivity contribution in [3.63, 3.8) is 0 Å². The number of primary amides is 1. The molecule has 0 heterocycles. The molecule has 3 unspecified atom stereocenters. The van der Waals surface area contributed by atoms with Gasteiger partial charge in [0.2, 0.25) is 17.7 Å². The Morgan fingerprint density at radius 3 is 2.11 bits per heavy atom. The summed E-state index contributed by atoms with van der Waals surface area (Å²) in [6.07, 6.45) is -0.258. The van der Waals surface area contributed by atoms with Crippen LogP contribution < -0.4 is 22.1 Å². The number of carboxylic acid groups (broad SMARTS) is 1. The molecular weight excluding hydrogens is 352 g/mol. The van der Waals surface area contributed by atoms with E-state index in [-0.39, 0.29) is 18.8 Å². The molecule has 1 aromatic carbocycles. The van der Waals surface area contributed by atoms with Gasteiger partial charge < -0.3 is 27.2 Å². The Hall–Kier alpha value is -2.94. The first kappa shape index (κ1) is 22.1. The predicted octanol–water partition coefficient (Wildman–Crippen LogP) is -0.858. The van der Waals surface area contributed by atoms with Crippen LogP contribution in [0.3, 0.4) is 0 Å². The Kier molecular flexibility index (Phi) is 8.40. The van der Waals surface area contributed by atoms with Gasteiger partial charge in [0.1, 0.15) is 12.1 Å². The largest absolute Gasteiger partial charge is 0.480 e. The Labute approximate surface area is 157 Å². The molecule has 27 heavy (non-hydrogen) atoms. The van der Waals surface area contributed by atoms with Crippen LogP contribution in [0.25, 0.3) is 0 Å². The van der Waals surface area contributed by atoms with Gasteiger partial charge in [-0.3, -0.25) is 14.4 Å². The van der Waals surface area contributed by atoms with E-state index in [1.54, 1.807) is 44.2 Å². The summed E-state index contributed by atoms with van der Waals surface area (Å²) in [5, 5.41) is 14.3. The highest BCUT2D eigenvalue weighted by atomic mass is 16.4. The first-order valence-electron chi connectivity index (χ1n) is 8.53. The average Bonchev–Trinajstić information content (AvgIpc) is 2.58. The van der Waals surface area contributed by atoms with Crippen LogP contribution in [0.2, 0.25) is 0 Å². The molecule has 9 heteroatoms. The second-order valence-corrected chi connectivity index (χ2v) is 6.60. The van der Waals surface area contributed by atoms with Crippen molar-refractivity contribution < 1.29 is 24.3 Å². The van der Waals surface area contributed by atoms with E-state index in [2.05, 4.69) is 10.6 Å². The molecule has 0 fully saturated rings. The molecule has 7 N–H and O–H groups in total. The Balaban J connectivity index is 2.81. The summed E-state index contributed by atoms with van der Waals surface area (Å²) in [4.78, 5) is 47.0. The van der Waals surface area contributed by atoms with Gasteiger partial charge in [0.05, 0.1) is 12.5 Å². The number of carbonyl (C=O) groups is 4. The summed E-state index contributed by atoms with van der Waals surface area (Å²) in [5.74, 6) is -3.62. The molecule has 9 nitrogen and oxygen atoms in total. The Morgan fingerprint density at radius 2 is 1.63 bits per heavy atom. The maximum atomic E-state index is 12.5. The minimum atomic E-state index is -1.19. The highest BCUT2D eigenvalue weighted by molar-refractivity contribution is 5.93. The quantitative estimate of drug-likeness (QED) is 0.355. The van der Waals surface area contributed by atoms with Gasteiger partial charge in [-0.15, -0.1) is 0 Å². The molecule has 0 bridgehead atoms. The number of carbonyl (C=O) groups excluding carboxylic acids is 3. The topological polar surface area (TPSA) is 165 Å². The molecule has 0 aliphatic rings. The molecule has 0 aromatic heterocycles. The lowest BCUT2D eigenvalue weighted by molar-refractivity contribution is -0.142. The number of benzene rings is 1. The third kappa shape index (κ3) is 7.45. The van der Waals surface area contributed by atoms with Gasteiger partial charge in [0, 0.05) is 6.42 Å². The van der Waals surface area contributed by atoms with Crippen molar-refractivity contribution in [2.75, 3.05) is 0 Å². The van der Waals surface area contributed by atoms with E-state index in [1.165, 1.54) is 0 Å². The first-order chi connectivity index (χ1) is 12.6. The summed E-state index contributed by atoms with van der Waals surface area (Å²) in [5.41, 5.74) is 11.3. The lowest BCUT2D eigenvalue weighted by Crippen LogP contribution is -2.57. The number of aliphatic carboxylic acids is 1. The normalized spacial score (nSPS) is 14.1. The fourth-order valence-electron chi connectivity index (χ4n) is 2.42. The molecule has 3 amide bonds. The summed E-state index contributed by atoms with van der Waals surface area (Å²) in [6.45, 7) is 3.38. The SMILES string of the molecule is CC(C)C(NC(=O)C(N)CC(N)=O)C(=O)NC(Cc1ccccc1)C(=O)O. The zero-order chi connectivity index (χ0) is 20.6. The lowest BCUT2D eigenvalue weighted by Gasteiger charge is -2.25. The third-order valence-electron chi connectivity index (χ3n) is 3.90. The number of nitrogens with two attached hydrogens (primary N) is 2. The number of hydrogen-bond donors (Lipinski definition) is 5. The summed E-state index contributed by atoms with van der Waals surface area (Å²) in [6, 6.07) is 5.51. The second kappa shape index (κ2) is 10.3. The van der Waals surface area contributed by atoms with Crippen molar-refractivity contribution in [1.29, 1.82) is 0 Å². The highest BCUT2D eigenvalue weighted by Crippen LogP contribution is 2.07. The fraction of sp³-hybridized carbons (Fsp3) is 0.444. The Morgan fingerprint density at radius 1 is 1.04 bits per heavy atom. The van der Waals surface area contributed by atoms with E-state index in [0.717, 1.165) is 5.56 Å². The van der Waals surface area contributed by atoms with E-state index in [1.807, 2.05) is 0 Å². The van der Waals surface area contributed by atoms with Crippen molar-refractivity contribution in [2.24, 2.45) is 17.4 Å². The van der Waals surface area contributed by atoms with Crippen LogP contribution in [0, 0.1) is 5.92 Å². The van der Waals surface area contributed by atoms with Crippen LogP contribution >= 0.6 is 0 Å². The zero-order valence-electron chi connectivity index (χ0n) is 15.3. The maximum Gasteiger partial charge on any atom is 0.326 e. The fourth-order valence-corrected chi connectivity index (χ4v) is 2.42. The predicted molar refractivity (Wildman–Crippen MR) is 98.3 cm³/mol. The van der Waals surface area contributed by atoms with Crippen LogP contribution in [0.15, 0.2) is 30.3 Å². The van der Waals surface area contributed by atoms with Crippen molar-refractivity contribution in [1.82, 2.24) is 10.6 Å². The van der Waals surface area contributed by atoms with E-state index < -0.39 is 41.8 Å². The van der Waals surface area contributed by atoms with Crippen LogP contribution in [-0.2, 0) is 25.6 Å². The third-order valence-corrected chi connectivity index (χ3v) is 3.90. The average molecular weight is 378 g/mol. The van der Waals surface area contributed by atoms with Crippen LogP contribution in [0.4, 0.5) is 0 Å². The molecule has 0 saturated carbocycles. The molecule has 148 valence electrons. The molecule has 1 aromatic rings. The molecule has 3 atom stereocenters. The van der Waals surface area contributed by atoms with Crippen molar-refractivity contribution in [2.45, 2.75) is 44.8 Å². The number of carboxylic acids is 1. The zero-order valence-corrected chi connectivity index (χ0v) is 15.3. The second-order valence-electron chi connectivity index (χ2n) is 6.60. The number of hydrogen-bond acceptors (Lipinski definition) is 5. The standard InChI is InChI=1S/C18H26N4O5/c1-10(2)15(22-16(24)12(19)9-14(20)23)17(25)21-13(18(26)27)8-11-6-4-3-5-7-11/h3-7,10,12-13,15H,8-9,19H2,1-2H3,(H2,20,23)(H,21,25)(H,22,24)(H,26,27). The molecular formula is C18H26N4O5. The summed E-state index contributed by atoms with van der Waals surface area (Å²) in [7, 11) is 0. The van der Waals surface area contributed by atoms with E-state index in [4.69, 9.17) is 11.5 Å². The molecule has 0 spiro atoms. The number of rotatable bonds is 10. The lowest BCUT2D eigenvalue weighted by atomic mass is 10.0. The van der Waals surface area contributed by atoms with Gasteiger partial charge in [0.25, 0.3) is 0 Å². The van der Waals surface area contributed by atoms with Crippen molar-refractivity contribution in [3.05, 3.63) is 35.9 Å². The van der Waals surface area contributed by atoms with Crippen LogP contribution in [-0.4, -0.2) is 46.9 Å². The number of nitrogens with one attached hydrogen (secondary N) is 2. The first-order valence-corrected chi connectivity index (χ1v) is 8.53. The van der Waals surface area contributed by atoms with Crippen LogP contribution in [0.5, 0.6) is 0 Å². The molecule has 0 aliphatic carbocycles. The van der Waals surface area contributed by atoms with Gasteiger partial charge in [-0.2, -0.15) is 0 Å².